The third-order valence-corrected chi connectivity index (χ3v) is 4.95. The normalized spacial score (nSPS) is 30.4. The number of carbonyl (C=O) groups excluding carboxylic acids is 1. The molecule has 112 valence electrons. The number of nitrogens with one attached hydrogen (secondary N) is 1. The molecule has 1 amide bonds. The van der Waals surface area contributed by atoms with Gasteiger partial charge in [0.1, 0.15) is 0 Å². The third-order valence-electron chi connectivity index (χ3n) is 4.95. The lowest BCUT2D eigenvalue weighted by atomic mass is 9.84. The lowest BCUT2D eigenvalue weighted by molar-refractivity contribution is -0.121. The fourth-order valence-electron chi connectivity index (χ4n) is 3.88. The quantitative estimate of drug-likeness (QED) is 0.793. The van der Waals surface area contributed by atoms with Gasteiger partial charge in [-0.3, -0.25) is 4.79 Å². The second kappa shape index (κ2) is 5.15. The van der Waals surface area contributed by atoms with Crippen molar-refractivity contribution in [3.05, 3.63) is 29.3 Å². The maximum absolute atomic E-state index is 12.5. The van der Waals surface area contributed by atoms with Crippen molar-refractivity contribution in [2.45, 2.75) is 32.2 Å². The first-order chi connectivity index (χ1) is 9.97. The number of amides is 1. The van der Waals surface area contributed by atoms with Gasteiger partial charge < -0.3 is 16.2 Å². The van der Waals surface area contributed by atoms with Gasteiger partial charge in [-0.1, -0.05) is 11.6 Å². The van der Waals surface area contributed by atoms with Gasteiger partial charge in [-0.15, -0.1) is 0 Å². The summed E-state index contributed by atoms with van der Waals surface area (Å²) in [4.78, 5) is 23.8. The maximum Gasteiger partial charge on any atom is 0.337 e. The highest BCUT2D eigenvalue weighted by Crippen LogP contribution is 2.47. The minimum atomic E-state index is -1.04. The van der Waals surface area contributed by atoms with Crippen molar-refractivity contribution >= 4 is 17.6 Å². The number of rotatable bonds is 3. The van der Waals surface area contributed by atoms with Crippen molar-refractivity contribution in [2.75, 3.05) is 5.32 Å². The molecule has 0 radical (unpaired) electrons. The molecule has 2 fully saturated rings. The van der Waals surface area contributed by atoms with Crippen molar-refractivity contribution in [1.29, 1.82) is 0 Å². The minimum absolute atomic E-state index is 0.0949. The average molecular weight is 288 g/mol. The van der Waals surface area contributed by atoms with Gasteiger partial charge in [0, 0.05) is 6.04 Å². The molecule has 0 spiro atoms. The van der Waals surface area contributed by atoms with Crippen LogP contribution in [-0.2, 0) is 4.79 Å². The smallest absolute Gasteiger partial charge is 0.337 e. The molecule has 0 heterocycles. The van der Waals surface area contributed by atoms with Crippen LogP contribution >= 0.6 is 0 Å². The predicted molar refractivity (Wildman–Crippen MR) is 79.1 cm³/mol. The number of carboxylic acids is 1. The molecule has 5 nitrogen and oxygen atoms in total. The monoisotopic (exact) mass is 288 g/mol. The lowest BCUT2D eigenvalue weighted by Gasteiger charge is -2.27. The zero-order valence-electron chi connectivity index (χ0n) is 12.0. The molecule has 0 aromatic heterocycles. The summed E-state index contributed by atoms with van der Waals surface area (Å²) in [6, 6.07) is 4.92. The molecule has 0 saturated heterocycles. The van der Waals surface area contributed by atoms with Crippen LogP contribution < -0.4 is 11.1 Å². The standard InChI is InChI=1S/C16H20N2O3/c1-8-2-5-12(11(6-8)16(20)21)18-15(19)13-9-3-4-10(7-9)14(13)17/h2,5-6,9-10,13-14H,3-4,7,17H2,1H3,(H,18,19)(H,20,21). The summed E-state index contributed by atoms with van der Waals surface area (Å²) in [7, 11) is 0. The van der Waals surface area contributed by atoms with E-state index in [0.29, 0.717) is 17.5 Å². The number of anilines is 1. The number of hydrogen-bond acceptors (Lipinski definition) is 3. The van der Waals surface area contributed by atoms with E-state index in [1.807, 2.05) is 6.92 Å². The molecule has 4 atom stereocenters. The summed E-state index contributed by atoms with van der Waals surface area (Å²) in [6.45, 7) is 1.82. The molecule has 2 saturated carbocycles. The number of nitrogens with two attached hydrogens (primary N) is 1. The van der Waals surface area contributed by atoms with Crippen LogP contribution in [0.2, 0.25) is 0 Å². The Labute approximate surface area is 123 Å². The summed E-state index contributed by atoms with van der Waals surface area (Å²) >= 11 is 0. The summed E-state index contributed by atoms with van der Waals surface area (Å²) < 4.78 is 0. The Morgan fingerprint density at radius 2 is 2.00 bits per heavy atom. The number of aromatic carboxylic acids is 1. The van der Waals surface area contributed by atoms with Crippen LogP contribution in [0.15, 0.2) is 18.2 Å². The van der Waals surface area contributed by atoms with Gasteiger partial charge >= 0.3 is 5.97 Å². The SMILES string of the molecule is Cc1ccc(NC(=O)C2C3CCC(C3)C2N)c(C(=O)O)c1. The average Bonchev–Trinajstić information content (AvgIpc) is 3.01. The van der Waals surface area contributed by atoms with E-state index >= 15 is 0 Å². The molecule has 4 N–H and O–H groups in total. The number of carboxylic acid groups (broad SMARTS) is 1. The molecule has 4 unspecified atom stereocenters. The van der Waals surface area contributed by atoms with E-state index in [0.717, 1.165) is 24.8 Å². The van der Waals surface area contributed by atoms with E-state index in [9.17, 15) is 14.7 Å². The van der Waals surface area contributed by atoms with E-state index < -0.39 is 5.97 Å². The highest BCUT2D eigenvalue weighted by Gasteiger charge is 2.49. The molecule has 0 aliphatic heterocycles. The summed E-state index contributed by atoms with van der Waals surface area (Å²) in [5.41, 5.74) is 7.49. The summed E-state index contributed by atoms with van der Waals surface area (Å²) in [5, 5.41) is 12.0. The Balaban J connectivity index is 1.81. The van der Waals surface area contributed by atoms with Gasteiger partial charge in [-0.2, -0.15) is 0 Å². The minimum Gasteiger partial charge on any atom is -0.478 e. The van der Waals surface area contributed by atoms with Gasteiger partial charge in [-0.05, 0) is 50.2 Å². The highest BCUT2D eigenvalue weighted by molar-refractivity contribution is 6.01. The molecule has 1 aromatic rings. The van der Waals surface area contributed by atoms with E-state index in [2.05, 4.69) is 5.32 Å². The van der Waals surface area contributed by atoms with E-state index in [1.54, 1.807) is 18.2 Å². The molecule has 5 heteroatoms. The molecular weight excluding hydrogens is 268 g/mol. The molecular formula is C16H20N2O3. The molecule has 21 heavy (non-hydrogen) atoms. The number of aryl methyl sites for hydroxylation is 1. The largest absolute Gasteiger partial charge is 0.478 e. The number of benzene rings is 1. The van der Waals surface area contributed by atoms with Crippen LogP contribution in [0.1, 0.15) is 35.2 Å². The van der Waals surface area contributed by atoms with Crippen LogP contribution in [-0.4, -0.2) is 23.0 Å². The Morgan fingerprint density at radius 1 is 1.29 bits per heavy atom. The molecule has 2 aliphatic rings. The number of hydrogen-bond donors (Lipinski definition) is 3. The topological polar surface area (TPSA) is 92.4 Å². The van der Waals surface area contributed by atoms with Gasteiger partial charge in [0.25, 0.3) is 0 Å². The Hall–Kier alpha value is -1.88. The number of fused-ring (bicyclic) bond motifs is 2. The van der Waals surface area contributed by atoms with Gasteiger partial charge in [0.15, 0.2) is 0 Å². The fraction of sp³-hybridized carbons (Fsp3) is 0.500. The maximum atomic E-state index is 12.5. The third kappa shape index (κ3) is 2.42. The summed E-state index contributed by atoms with van der Waals surface area (Å²) in [5.74, 6) is -0.564. The molecule has 3 rings (SSSR count). The van der Waals surface area contributed by atoms with Crippen LogP contribution in [0.5, 0.6) is 0 Å². The fourth-order valence-corrected chi connectivity index (χ4v) is 3.88. The van der Waals surface area contributed by atoms with Gasteiger partial charge in [-0.25, -0.2) is 4.79 Å². The predicted octanol–water partition coefficient (Wildman–Crippen LogP) is 2.01. The van der Waals surface area contributed by atoms with E-state index in [4.69, 9.17) is 5.73 Å². The molecule has 2 aliphatic carbocycles. The Kier molecular flexibility index (Phi) is 3.45. The second-order valence-corrected chi connectivity index (χ2v) is 6.28. The molecule has 1 aromatic carbocycles. The Morgan fingerprint density at radius 3 is 2.62 bits per heavy atom. The van der Waals surface area contributed by atoms with Gasteiger partial charge in [0.2, 0.25) is 5.91 Å². The van der Waals surface area contributed by atoms with Crippen molar-refractivity contribution in [3.8, 4) is 0 Å². The highest BCUT2D eigenvalue weighted by atomic mass is 16.4. The molecule has 2 bridgehead atoms. The number of carbonyl (C=O) groups is 2. The Bertz CT molecular complexity index is 597. The van der Waals surface area contributed by atoms with Crippen molar-refractivity contribution in [2.24, 2.45) is 23.5 Å². The van der Waals surface area contributed by atoms with Crippen LogP contribution in [0.3, 0.4) is 0 Å². The van der Waals surface area contributed by atoms with Gasteiger partial charge in [0.05, 0.1) is 17.2 Å². The summed E-state index contributed by atoms with van der Waals surface area (Å²) in [6.07, 6.45) is 3.19. The first-order valence-corrected chi connectivity index (χ1v) is 7.37. The van der Waals surface area contributed by atoms with E-state index in [-0.39, 0.29) is 23.4 Å². The zero-order chi connectivity index (χ0) is 15.1. The van der Waals surface area contributed by atoms with E-state index in [1.165, 1.54) is 0 Å². The van der Waals surface area contributed by atoms with Crippen molar-refractivity contribution in [1.82, 2.24) is 0 Å². The zero-order valence-corrected chi connectivity index (χ0v) is 12.0. The van der Waals surface area contributed by atoms with Crippen LogP contribution in [0, 0.1) is 24.7 Å². The van der Waals surface area contributed by atoms with Crippen LogP contribution in [0.4, 0.5) is 5.69 Å². The van der Waals surface area contributed by atoms with Crippen LogP contribution in [0.25, 0.3) is 0 Å². The van der Waals surface area contributed by atoms with Crippen molar-refractivity contribution < 1.29 is 14.7 Å². The second-order valence-electron chi connectivity index (χ2n) is 6.28. The lowest BCUT2D eigenvalue weighted by Crippen LogP contribution is -2.42. The van der Waals surface area contributed by atoms with Crippen molar-refractivity contribution in [3.63, 3.8) is 0 Å². The first kappa shape index (κ1) is 14.1. The first-order valence-electron chi connectivity index (χ1n) is 7.37.